The third kappa shape index (κ3) is 2.91. The van der Waals surface area contributed by atoms with Crippen LogP contribution in [0, 0.1) is 0 Å². The lowest BCUT2D eigenvalue weighted by Gasteiger charge is -2.44. The van der Waals surface area contributed by atoms with Crippen LogP contribution in [0.4, 0.5) is 0 Å². The average molecular weight is 267 g/mol. The summed E-state index contributed by atoms with van der Waals surface area (Å²) in [4.78, 5) is 20.0. The van der Waals surface area contributed by atoms with Gasteiger partial charge in [-0.2, -0.15) is 0 Å². The van der Waals surface area contributed by atoms with E-state index in [0.29, 0.717) is 12.2 Å². The van der Waals surface area contributed by atoms with E-state index in [1.54, 1.807) is 44.4 Å². The molecular weight excluding hydrogens is 250 g/mol. The van der Waals surface area contributed by atoms with E-state index >= 15 is 0 Å². The average Bonchev–Trinajstić information content (AvgIpc) is 2.42. The van der Waals surface area contributed by atoms with Crippen LogP contribution in [0.5, 0.6) is 0 Å². The van der Waals surface area contributed by atoms with Crippen LogP contribution in [0.15, 0.2) is 30.3 Å². The molecule has 19 heavy (non-hydrogen) atoms. The normalized spacial score (nSPS) is 26.3. The van der Waals surface area contributed by atoms with Gasteiger partial charge in [0.25, 0.3) is 0 Å². The molecule has 1 aromatic carbocycles. The summed E-state index contributed by atoms with van der Waals surface area (Å²) >= 11 is 0. The van der Waals surface area contributed by atoms with Crippen molar-refractivity contribution < 1.29 is 19.8 Å². The van der Waals surface area contributed by atoms with Gasteiger partial charge in [-0.15, -0.1) is 0 Å². The Morgan fingerprint density at radius 3 is 2.21 bits per heavy atom. The molecule has 0 aliphatic carbocycles. The molecule has 2 rings (SSSR count). The third-order valence-electron chi connectivity index (χ3n) is 2.89. The summed E-state index contributed by atoms with van der Waals surface area (Å²) in [6.45, 7) is 0.349. The SMILES string of the molecule is CN1CN(C)C(O)N(OC(=O)c2ccccc2)C1O. The van der Waals surface area contributed by atoms with Gasteiger partial charge in [0.1, 0.15) is 0 Å². The summed E-state index contributed by atoms with van der Waals surface area (Å²) < 4.78 is 0. The van der Waals surface area contributed by atoms with Gasteiger partial charge < -0.3 is 15.1 Å². The van der Waals surface area contributed by atoms with E-state index in [9.17, 15) is 15.0 Å². The van der Waals surface area contributed by atoms with E-state index < -0.39 is 18.7 Å². The van der Waals surface area contributed by atoms with Crippen LogP contribution in [0.3, 0.4) is 0 Å². The highest BCUT2D eigenvalue weighted by Crippen LogP contribution is 2.17. The number of hydroxylamine groups is 2. The van der Waals surface area contributed by atoms with Crippen molar-refractivity contribution in [2.75, 3.05) is 20.8 Å². The number of benzene rings is 1. The van der Waals surface area contributed by atoms with Crippen molar-refractivity contribution in [1.82, 2.24) is 14.9 Å². The van der Waals surface area contributed by atoms with Gasteiger partial charge in [-0.1, -0.05) is 23.3 Å². The highest BCUT2D eigenvalue weighted by Gasteiger charge is 2.38. The minimum absolute atomic E-state index is 0.345. The fourth-order valence-corrected chi connectivity index (χ4v) is 1.82. The Morgan fingerprint density at radius 2 is 1.68 bits per heavy atom. The van der Waals surface area contributed by atoms with E-state index in [0.717, 1.165) is 5.06 Å². The lowest BCUT2D eigenvalue weighted by molar-refractivity contribution is -0.364. The molecule has 1 heterocycles. The lowest BCUT2D eigenvalue weighted by Crippen LogP contribution is -2.64. The predicted molar refractivity (Wildman–Crippen MR) is 66.1 cm³/mol. The second kappa shape index (κ2) is 5.64. The number of rotatable bonds is 2. The molecule has 1 fully saturated rings. The number of nitrogens with zero attached hydrogens (tertiary/aromatic N) is 3. The van der Waals surface area contributed by atoms with Gasteiger partial charge in [0.15, 0.2) is 0 Å². The fraction of sp³-hybridized carbons (Fsp3) is 0.417. The molecule has 1 aliphatic heterocycles. The van der Waals surface area contributed by atoms with Crippen molar-refractivity contribution in [1.29, 1.82) is 0 Å². The Kier molecular flexibility index (Phi) is 4.13. The van der Waals surface area contributed by atoms with Crippen LogP contribution in [-0.2, 0) is 4.84 Å². The summed E-state index contributed by atoms with van der Waals surface area (Å²) in [5.74, 6) is -0.637. The highest BCUT2D eigenvalue weighted by atomic mass is 16.7. The van der Waals surface area contributed by atoms with Crippen LogP contribution in [0.25, 0.3) is 0 Å². The van der Waals surface area contributed by atoms with Crippen molar-refractivity contribution in [3.8, 4) is 0 Å². The fourth-order valence-electron chi connectivity index (χ4n) is 1.82. The quantitative estimate of drug-likeness (QED) is 0.744. The van der Waals surface area contributed by atoms with Crippen LogP contribution in [-0.4, -0.2) is 64.5 Å². The Labute approximate surface area is 111 Å². The number of aliphatic hydroxyl groups excluding tert-OH is 2. The molecule has 0 amide bonds. The molecule has 7 heteroatoms. The summed E-state index contributed by atoms with van der Waals surface area (Å²) in [6.07, 6.45) is -2.39. The van der Waals surface area contributed by atoms with E-state index in [-0.39, 0.29) is 0 Å². The van der Waals surface area contributed by atoms with Crippen molar-refractivity contribution in [2.24, 2.45) is 0 Å². The van der Waals surface area contributed by atoms with Crippen LogP contribution < -0.4 is 0 Å². The molecule has 1 aliphatic rings. The zero-order chi connectivity index (χ0) is 14.0. The van der Waals surface area contributed by atoms with Gasteiger partial charge >= 0.3 is 5.97 Å². The van der Waals surface area contributed by atoms with E-state index in [2.05, 4.69) is 0 Å². The second-order valence-corrected chi connectivity index (χ2v) is 4.45. The standard InChI is InChI=1S/C12H17N3O4/c1-13-8-14(2)12(18)15(11(13)17)19-10(16)9-6-4-3-5-7-9/h3-7,11-12,17-18H,8H2,1-2H3. The van der Waals surface area contributed by atoms with Crippen molar-refractivity contribution in [3.63, 3.8) is 0 Å². The molecule has 2 atom stereocenters. The first-order chi connectivity index (χ1) is 9.00. The van der Waals surface area contributed by atoms with Crippen molar-refractivity contribution in [2.45, 2.75) is 12.7 Å². The summed E-state index contributed by atoms with van der Waals surface area (Å²) in [6, 6.07) is 8.38. The summed E-state index contributed by atoms with van der Waals surface area (Å²) in [5, 5.41) is 20.7. The first-order valence-electron chi connectivity index (χ1n) is 5.83. The minimum Gasteiger partial charge on any atom is -0.363 e. The molecule has 0 spiro atoms. The Hall–Kier alpha value is -1.51. The second-order valence-electron chi connectivity index (χ2n) is 4.45. The predicted octanol–water partition coefficient (Wildman–Crippen LogP) is -0.553. The molecule has 0 saturated carbocycles. The third-order valence-corrected chi connectivity index (χ3v) is 2.89. The largest absolute Gasteiger partial charge is 0.363 e. The molecule has 0 aromatic heterocycles. The molecule has 0 radical (unpaired) electrons. The van der Waals surface area contributed by atoms with E-state index in [1.165, 1.54) is 9.80 Å². The summed E-state index contributed by atoms with van der Waals surface area (Å²) in [5.41, 5.74) is 0.345. The first kappa shape index (κ1) is 13.9. The molecule has 7 nitrogen and oxygen atoms in total. The van der Waals surface area contributed by atoms with Gasteiger partial charge in [0.2, 0.25) is 12.7 Å². The van der Waals surface area contributed by atoms with Gasteiger partial charge in [0, 0.05) is 0 Å². The Bertz CT molecular complexity index is 428. The molecular formula is C12H17N3O4. The molecule has 104 valence electrons. The number of hydrogen-bond donors (Lipinski definition) is 2. The minimum atomic E-state index is -1.20. The molecule has 2 unspecified atom stereocenters. The lowest BCUT2D eigenvalue weighted by atomic mass is 10.2. The Morgan fingerprint density at radius 1 is 1.16 bits per heavy atom. The number of hydrogen-bond acceptors (Lipinski definition) is 7. The number of carbonyl (C=O) groups excluding carboxylic acids is 1. The van der Waals surface area contributed by atoms with E-state index in [1.807, 2.05) is 0 Å². The van der Waals surface area contributed by atoms with Gasteiger partial charge in [0.05, 0.1) is 12.2 Å². The number of aliphatic hydroxyl groups is 2. The maximum atomic E-state index is 11.9. The Balaban J connectivity index is 2.10. The topological polar surface area (TPSA) is 76.5 Å². The smallest absolute Gasteiger partial charge is 0.357 e. The maximum absolute atomic E-state index is 11.9. The molecule has 1 saturated heterocycles. The van der Waals surface area contributed by atoms with Crippen LogP contribution in [0.2, 0.25) is 0 Å². The monoisotopic (exact) mass is 267 g/mol. The van der Waals surface area contributed by atoms with Gasteiger partial charge in [-0.3, -0.25) is 9.80 Å². The van der Waals surface area contributed by atoms with Crippen LogP contribution >= 0.6 is 0 Å². The summed E-state index contributed by atoms with van der Waals surface area (Å²) in [7, 11) is 3.30. The first-order valence-corrected chi connectivity index (χ1v) is 5.83. The maximum Gasteiger partial charge on any atom is 0.357 e. The van der Waals surface area contributed by atoms with Crippen molar-refractivity contribution >= 4 is 5.97 Å². The van der Waals surface area contributed by atoms with E-state index in [4.69, 9.17) is 4.84 Å². The van der Waals surface area contributed by atoms with Gasteiger partial charge in [-0.05, 0) is 26.2 Å². The zero-order valence-electron chi connectivity index (χ0n) is 10.8. The molecule has 2 N–H and O–H groups in total. The zero-order valence-corrected chi connectivity index (χ0v) is 10.8. The highest BCUT2D eigenvalue weighted by molar-refractivity contribution is 5.89. The number of carbonyl (C=O) groups is 1. The molecule has 0 bridgehead atoms. The van der Waals surface area contributed by atoms with Crippen molar-refractivity contribution in [3.05, 3.63) is 35.9 Å². The van der Waals surface area contributed by atoms with Crippen LogP contribution in [0.1, 0.15) is 10.4 Å². The van der Waals surface area contributed by atoms with Gasteiger partial charge in [-0.25, -0.2) is 4.79 Å². The molecule has 1 aromatic rings.